The van der Waals surface area contributed by atoms with E-state index in [2.05, 4.69) is 15.7 Å². The minimum absolute atomic E-state index is 0.0756. The Kier molecular flexibility index (Phi) is 9.93. The van der Waals surface area contributed by atoms with E-state index >= 15 is 0 Å². The van der Waals surface area contributed by atoms with E-state index in [-0.39, 0.29) is 31.8 Å². The number of likely N-dealkylation sites (tertiary alicyclic amines) is 1. The molecule has 2 aromatic rings. The second-order valence-electron chi connectivity index (χ2n) is 13.2. The van der Waals surface area contributed by atoms with Crippen molar-refractivity contribution in [3.8, 4) is 5.75 Å². The van der Waals surface area contributed by atoms with Crippen LogP contribution in [0.25, 0.3) is 0 Å². The van der Waals surface area contributed by atoms with Crippen LogP contribution >= 0.6 is 0 Å². The van der Waals surface area contributed by atoms with Crippen LogP contribution in [0.3, 0.4) is 0 Å². The van der Waals surface area contributed by atoms with Gasteiger partial charge in [-0.1, -0.05) is 42.5 Å². The Morgan fingerprint density at radius 2 is 1.64 bits per heavy atom. The molecule has 1 saturated heterocycles. The first-order chi connectivity index (χ1) is 21.8. The van der Waals surface area contributed by atoms with Crippen molar-refractivity contribution in [1.29, 1.82) is 0 Å². The van der Waals surface area contributed by atoms with Crippen molar-refractivity contribution in [1.82, 2.24) is 20.5 Å². The van der Waals surface area contributed by atoms with Crippen molar-refractivity contribution in [2.24, 2.45) is 10.5 Å². The predicted octanol–water partition coefficient (Wildman–Crippen LogP) is 4.16. The molecule has 0 radical (unpaired) electrons. The zero-order chi connectivity index (χ0) is 34.8. The minimum Gasteiger partial charge on any atom is -0.490 e. The largest absolute Gasteiger partial charge is 0.490 e. The van der Waals surface area contributed by atoms with Crippen LogP contribution in [0.1, 0.15) is 52.2 Å². The molecule has 0 bridgehead atoms. The van der Waals surface area contributed by atoms with E-state index in [4.69, 9.17) is 9.47 Å². The molecule has 0 aromatic heterocycles. The molecule has 1 unspecified atom stereocenters. The number of alkyl carbamates (subject to hydrolysis) is 1. The maximum Gasteiger partial charge on any atom is 0.419 e. The van der Waals surface area contributed by atoms with Gasteiger partial charge in [0.15, 0.2) is 0 Å². The normalized spacial score (nSPS) is 19.0. The zero-order valence-electron chi connectivity index (χ0n) is 27.2. The van der Waals surface area contributed by atoms with Crippen molar-refractivity contribution < 1.29 is 41.8 Å². The van der Waals surface area contributed by atoms with E-state index in [0.29, 0.717) is 5.71 Å². The molecule has 0 spiro atoms. The van der Waals surface area contributed by atoms with Gasteiger partial charge in [0.1, 0.15) is 35.0 Å². The molecular weight excluding hydrogens is 619 g/mol. The molecule has 1 fully saturated rings. The third-order valence-corrected chi connectivity index (χ3v) is 7.85. The van der Waals surface area contributed by atoms with Gasteiger partial charge in [0, 0.05) is 26.6 Å². The lowest BCUT2D eigenvalue weighted by molar-refractivity contribution is -0.143. The SMILES string of the molecule is CN1N=C2CCN(C(=O)C(COc3ccccc3C(F)(F)F)NC(=O)C(C)(C)NC(=O)OC(C)(C)C)C[C@@]2(Cc2ccccc2)C1=O. The van der Waals surface area contributed by atoms with E-state index in [1.54, 1.807) is 27.8 Å². The number of carbonyl (C=O) groups excluding carboxylic acids is 4. The Labute approximate surface area is 271 Å². The number of rotatable bonds is 9. The number of alkyl halides is 3. The summed E-state index contributed by atoms with van der Waals surface area (Å²) in [7, 11) is 1.54. The number of halogens is 3. The van der Waals surface area contributed by atoms with E-state index in [1.807, 2.05) is 30.3 Å². The van der Waals surface area contributed by atoms with Gasteiger partial charge in [-0.2, -0.15) is 18.3 Å². The molecular formula is C33H40F3N5O6. The number of amides is 4. The highest BCUT2D eigenvalue weighted by molar-refractivity contribution is 6.13. The average Bonchev–Trinajstić information content (AvgIpc) is 3.22. The van der Waals surface area contributed by atoms with Gasteiger partial charge in [-0.3, -0.25) is 14.4 Å². The number of nitrogens with zero attached hydrogens (tertiary/aromatic N) is 3. The lowest BCUT2D eigenvalue weighted by Crippen LogP contribution is -2.63. The fraction of sp³-hybridized carbons (Fsp3) is 0.485. The minimum atomic E-state index is -4.74. The number of nitrogens with one attached hydrogen (secondary N) is 2. The van der Waals surface area contributed by atoms with Crippen LogP contribution in [0.15, 0.2) is 59.7 Å². The number of hydrazone groups is 1. The second kappa shape index (κ2) is 13.2. The van der Waals surface area contributed by atoms with Crippen molar-refractivity contribution >= 4 is 29.5 Å². The number of piperidine rings is 1. The number of fused-ring (bicyclic) bond motifs is 1. The molecule has 4 rings (SSSR count). The van der Waals surface area contributed by atoms with Gasteiger partial charge in [0.25, 0.3) is 5.91 Å². The van der Waals surface area contributed by atoms with Crippen molar-refractivity contribution in [2.75, 3.05) is 26.7 Å². The molecule has 2 aliphatic rings. The first kappa shape index (κ1) is 35.2. The van der Waals surface area contributed by atoms with E-state index < -0.39 is 64.6 Å². The highest BCUT2D eigenvalue weighted by Gasteiger charge is 2.54. The molecule has 2 aliphatic heterocycles. The van der Waals surface area contributed by atoms with Gasteiger partial charge in [-0.05, 0) is 58.7 Å². The molecule has 4 amide bonds. The van der Waals surface area contributed by atoms with Gasteiger partial charge in [0.2, 0.25) is 11.8 Å². The highest BCUT2D eigenvalue weighted by Crippen LogP contribution is 2.39. The van der Waals surface area contributed by atoms with Crippen molar-refractivity contribution in [3.05, 3.63) is 65.7 Å². The molecule has 14 heteroatoms. The molecule has 47 heavy (non-hydrogen) atoms. The van der Waals surface area contributed by atoms with Crippen molar-refractivity contribution in [3.63, 3.8) is 0 Å². The lowest BCUT2D eigenvalue weighted by Gasteiger charge is -2.41. The third kappa shape index (κ3) is 8.22. The number of benzene rings is 2. The lowest BCUT2D eigenvalue weighted by atomic mass is 9.73. The van der Waals surface area contributed by atoms with Crippen LogP contribution in [0, 0.1) is 5.41 Å². The van der Waals surface area contributed by atoms with Crippen LogP contribution in [0.5, 0.6) is 5.75 Å². The standard InChI is InChI=1S/C33H40F3N5O6/c1-30(2,3)47-29(45)38-31(4,5)27(43)37-23(19-46-24-15-11-10-14-22(24)33(34,35)36)26(42)41-17-16-25-32(20-41,28(44)40(6)39-25)18-21-12-8-7-9-13-21/h7-15,23H,16-20H2,1-6H3,(H,37,43)(H,38,45)/t23?,32-/m1/s1. The van der Waals surface area contributed by atoms with E-state index in [9.17, 15) is 32.3 Å². The monoisotopic (exact) mass is 659 g/mol. The zero-order valence-corrected chi connectivity index (χ0v) is 27.2. The van der Waals surface area contributed by atoms with Crippen LogP contribution < -0.4 is 15.4 Å². The molecule has 2 atom stereocenters. The fourth-order valence-corrected chi connectivity index (χ4v) is 5.56. The van der Waals surface area contributed by atoms with Gasteiger partial charge in [-0.25, -0.2) is 9.80 Å². The molecule has 0 saturated carbocycles. The number of ether oxygens (including phenoxy) is 2. The summed E-state index contributed by atoms with van der Waals surface area (Å²) < 4.78 is 52.0. The van der Waals surface area contributed by atoms with Crippen molar-refractivity contribution in [2.45, 2.75) is 70.8 Å². The van der Waals surface area contributed by atoms with Crippen LogP contribution in [0.4, 0.5) is 18.0 Å². The summed E-state index contributed by atoms with van der Waals surface area (Å²) in [4.78, 5) is 55.1. The van der Waals surface area contributed by atoms with Gasteiger partial charge in [-0.15, -0.1) is 0 Å². The van der Waals surface area contributed by atoms with E-state index in [1.165, 1.54) is 35.9 Å². The average molecular weight is 660 g/mol. The number of hydrogen-bond acceptors (Lipinski definition) is 7. The number of hydrogen-bond donors (Lipinski definition) is 2. The van der Waals surface area contributed by atoms with Crippen LogP contribution in [-0.4, -0.2) is 83.4 Å². The Morgan fingerprint density at radius 3 is 2.28 bits per heavy atom. The maximum atomic E-state index is 14.2. The molecule has 254 valence electrons. The quantitative estimate of drug-likeness (QED) is 0.416. The smallest absolute Gasteiger partial charge is 0.419 e. The summed E-state index contributed by atoms with van der Waals surface area (Å²) in [6.45, 7) is 7.12. The Balaban J connectivity index is 1.62. The molecule has 2 heterocycles. The third-order valence-electron chi connectivity index (χ3n) is 7.85. The topological polar surface area (TPSA) is 130 Å². The summed E-state index contributed by atoms with van der Waals surface area (Å²) in [5, 5.41) is 10.7. The molecule has 2 N–H and O–H groups in total. The van der Waals surface area contributed by atoms with Gasteiger partial charge in [0.05, 0.1) is 11.3 Å². The van der Waals surface area contributed by atoms with Crippen LogP contribution in [0.2, 0.25) is 0 Å². The Morgan fingerprint density at radius 1 is 1.00 bits per heavy atom. The molecule has 0 aliphatic carbocycles. The predicted molar refractivity (Wildman–Crippen MR) is 166 cm³/mol. The Hall–Kier alpha value is -4.62. The summed E-state index contributed by atoms with van der Waals surface area (Å²) in [6, 6.07) is 12.3. The first-order valence-electron chi connectivity index (χ1n) is 15.1. The molecule has 2 aromatic carbocycles. The summed E-state index contributed by atoms with van der Waals surface area (Å²) >= 11 is 0. The second-order valence-corrected chi connectivity index (χ2v) is 13.2. The summed E-state index contributed by atoms with van der Waals surface area (Å²) in [5.41, 5.74) is -3.20. The summed E-state index contributed by atoms with van der Waals surface area (Å²) in [6.07, 6.45) is -5.09. The number of para-hydroxylation sites is 1. The highest BCUT2D eigenvalue weighted by atomic mass is 19.4. The Bertz CT molecular complexity index is 1540. The van der Waals surface area contributed by atoms with Crippen LogP contribution in [-0.2, 0) is 31.7 Å². The fourth-order valence-electron chi connectivity index (χ4n) is 5.56. The van der Waals surface area contributed by atoms with Gasteiger partial charge >= 0.3 is 12.3 Å². The summed E-state index contributed by atoms with van der Waals surface area (Å²) in [5.74, 6) is -2.32. The molecule has 11 nitrogen and oxygen atoms in total. The maximum absolute atomic E-state index is 14.2. The van der Waals surface area contributed by atoms with Gasteiger partial charge < -0.3 is 25.0 Å². The number of carbonyl (C=O) groups is 4. The first-order valence-corrected chi connectivity index (χ1v) is 15.1. The van der Waals surface area contributed by atoms with E-state index in [0.717, 1.165) is 17.7 Å².